The zero-order valence-corrected chi connectivity index (χ0v) is 11.2. The SMILES string of the molecule is COc1ccc(NC(=O)CS(C)(=O)=O)c(C(=O)O)c1. The minimum absolute atomic E-state index is 0.0157. The van der Waals surface area contributed by atoms with Crippen LogP contribution in [-0.2, 0) is 14.6 Å². The number of methoxy groups -OCH3 is 1. The molecule has 0 aromatic heterocycles. The van der Waals surface area contributed by atoms with Gasteiger partial charge in [0, 0.05) is 6.26 Å². The molecule has 8 heteroatoms. The lowest BCUT2D eigenvalue weighted by molar-refractivity contribution is -0.113. The number of ether oxygens (including phenoxy) is 1. The number of carboxylic acid groups (broad SMARTS) is 1. The van der Waals surface area contributed by atoms with Gasteiger partial charge in [0.2, 0.25) is 5.91 Å². The molecule has 0 saturated heterocycles. The van der Waals surface area contributed by atoms with Crippen molar-refractivity contribution in [3.8, 4) is 5.75 Å². The highest BCUT2D eigenvalue weighted by Crippen LogP contribution is 2.22. The van der Waals surface area contributed by atoms with Crippen molar-refractivity contribution in [3.63, 3.8) is 0 Å². The van der Waals surface area contributed by atoms with Crippen LogP contribution in [-0.4, -0.2) is 44.5 Å². The normalized spacial score (nSPS) is 10.8. The smallest absolute Gasteiger partial charge is 0.337 e. The zero-order chi connectivity index (χ0) is 14.6. The van der Waals surface area contributed by atoms with E-state index >= 15 is 0 Å². The second-order valence-corrected chi connectivity index (χ2v) is 5.98. The number of aromatic carboxylic acids is 1. The molecule has 0 aliphatic heterocycles. The van der Waals surface area contributed by atoms with Crippen LogP contribution >= 0.6 is 0 Å². The van der Waals surface area contributed by atoms with Gasteiger partial charge in [-0.05, 0) is 18.2 Å². The van der Waals surface area contributed by atoms with Crippen LogP contribution in [0.25, 0.3) is 0 Å². The summed E-state index contributed by atoms with van der Waals surface area (Å²) in [5.74, 6) is -2.44. The second-order valence-electron chi connectivity index (χ2n) is 3.83. The number of hydrogen-bond acceptors (Lipinski definition) is 5. The first-order valence-electron chi connectivity index (χ1n) is 5.12. The lowest BCUT2D eigenvalue weighted by Crippen LogP contribution is -2.23. The fourth-order valence-corrected chi connectivity index (χ4v) is 1.91. The molecule has 0 aliphatic rings. The Bertz CT molecular complexity index is 608. The molecule has 0 spiro atoms. The van der Waals surface area contributed by atoms with Gasteiger partial charge >= 0.3 is 5.97 Å². The fourth-order valence-electron chi connectivity index (χ4n) is 1.36. The largest absolute Gasteiger partial charge is 0.497 e. The molecule has 7 nitrogen and oxygen atoms in total. The average molecular weight is 287 g/mol. The maximum absolute atomic E-state index is 11.4. The van der Waals surface area contributed by atoms with Crippen molar-refractivity contribution in [1.82, 2.24) is 0 Å². The van der Waals surface area contributed by atoms with Crippen molar-refractivity contribution in [3.05, 3.63) is 23.8 Å². The molecule has 0 atom stereocenters. The average Bonchev–Trinajstić information content (AvgIpc) is 2.26. The third-order valence-corrected chi connectivity index (χ3v) is 2.91. The van der Waals surface area contributed by atoms with Gasteiger partial charge in [-0.2, -0.15) is 0 Å². The lowest BCUT2D eigenvalue weighted by Gasteiger charge is -2.09. The van der Waals surface area contributed by atoms with Crippen molar-refractivity contribution in [1.29, 1.82) is 0 Å². The zero-order valence-electron chi connectivity index (χ0n) is 10.3. The first kappa shape index (κ1) is 15.0. The van der Waals surface area contributed by atoms with Crippen LogP contribution in [0.1, 0.15) is 10.4 Å². The Morgan fingerprint density at radius 2 is 2.00 bits per heavy atom. The number of benzene rings is 1. The van der Waals surface area contributed by atoms with Gasteiger partial charge in [-0.15, -0.1) is 0 Å². The predicted octanol–water partition coefficient (Wildman–Crippen LogP) is 0.377. The molecule has 19 heavy (non-hydrogen) atoms. The van der Waals surface area contributed by atoms with E-state index in [4.69, 9.17) is 9.84 Å². The van der Waals surface area contributed by atoms with Gasteiger partial charge in [-0.1, -0.05) is 0 Å². The summed E-state index contributed by atoms with van der Waals surface area (Å²) in [4.78, 5) is 22.5. The Morgan fingerprint density at radius 1 is 1.37 bits per heavy atom. The molecule has 1 aromatic rings. The molecule has 0 unspecified atom stereocenters. The minimum Gasteiger partial charge on any atom is -0.497 e. The van der Waals surface area contributed by atoms with Crippen molar-refractivity contribution in [2.24, 2.45) is 0 Å². The van der Waals surface area contributed by atoms with Crippen molar-refractivity contribution < 1.29 is 27.9 Å². The van der Waals surface area contributed by atoms with Crippen LogP contribution in [0.15, 0.2) is 18.2 Å². The predicted molar refractivity (Wildman–Crippen MR) is 68.3 cm³/mol. The Hall–Kier alpha value is -2.09. The van der Waals surface area contributed by atoms with Crippen molar-refractivity contribution in [2.75, 3.05) is 24.4 Å². The van der Waals surface area contributed by atoms with E-state index in [0.717, 1.165) is 6.26 Å². The number of sulfone groups is 1. The minimum atomic E-state index is -3.47. The van der Waals surface area contributed by atoms with E-state index in [0.29, 0.717) is 5.75 Å². The molecule has 0 radical (unpaired) electrons. The van der Waals surface area contributed by atoms with Gasteiger partial charge < -0.3 is 15.2 Å². The van der Waals surface area contributed by atoms with Gasteiger partial charge in [-0.3, -0.25) is 4.79 Å². The summed E-state index contributed by atoms with van der Waals surface area (Å²) in [6.45, 7) is 0. The number of carbonyl (C=O) groups is 2. The second kappa shape index (κ2) is 5.70. The van der Waals surface area contributed by atoms with Crippen LogP contribution in [0.5, 0.6) is 5.75 Å². The number of carbonyl (C=O) groups excluding carboxylic acids is 1. The van der Waals surface area contributed by atoms with Crippen LogP contribution in [0, 0.1) is 0 Å². The number of carboxylic acids is 1. The van der Waals surface area contributed by atoms with Crippen LogP contribution in [0.3, 0.4) is 0 Å². The highest BCUT2D eigenvalue weighted by Gasteiger charge is 2.16. The lowest BCUT2D eigenvalue weighted by atomic mass is 10.1. The first-order valence-corrected chi connectivity index (χ1v) is 7.18. The molecule has 0 heterocycles. The van der Waals surface area contributed by atoms with Crippen LogP contribution in [0.4, 0.5) is 5.69 Å². The number of anilines is 1. The van der Waals surface area contributed by atoms with E-state index in [-0.39, 0.29) is 11.3 Å². The molecule has 2 N–H and O–H groups in total. The standard InChI is InChI=1S/C11H13NO6S/c1-18-7-3-4-9(8(5-7)11(14)15)12-10(13)6-19(2,16)17/h3-5H,6H2,1-2H3,(H,12,13)(H,14,15). The van der Waals surface area contributed by atoms with Crippen molar-refractivity contribution in [2.45, 2.75) is 0 Å². The molecule has 0 aliphatic carbocycles. The Balaban J connectivity index is 3.01. The molecular formula is C11H13NO6S. The highest BCUT2D eigenvalue weighted by atomic mass is 32.2. The summed E-state index contributed by atoms with van der Waals surface area (Å²) in [7, 11) is -2.10. The summed E-state index contributed by atoms with van der Waals surface area (Å²) >= 11 is 0. The molecule has 1 amide bonds. The monoisotopic (exact) mass is 287 g/mol. The van der Waals surface area contributed by atoms with Gasteiger partial charge in [0.15, 0.2) is 9.84 Å². The first-order chi connectivity index (χ1) is 8.73. The summed E-state index contributed by atoms with van der Waals surface area (Å²) in [6.07, 6.45) is 0.915. The van der Waals surface area contributed by atoms with E-state index in [1.165, 1.54) is 25.3 Å². The van der Waals surface area contributed by atoms with E-state index in [1.54, 1.807) is 0 Å². The van der Waals surface area contributed by atoms with Crippen LogP contribution in [0.2, 0.25) is 0 Å². The third kappa shape index (κ3) is 4.59. The topological polar surface area (TPSA) is 110 Å². The molecule has 104 valence electrons. The number of hydrogen-bond donors (Lipinski definition) is 2. The quantitative estimate of drug-likeness (QED) is 0.810. The maximum atomic E-state index is 11.4. The van der Waals surface area contributed by atoms with Gasteiger partial charge in [0.25, 0.3) is 0 Å². The fraction of sp³-hybridized carbons (Fsp3) is 0.273. The molecular weight excluding hydrogens is 274 g/mol. The maximum Gasteiger partial charge on any atom is 0.337 e. The van der Waals surface area contributed by atoms with E-state index in [1.807, 2.05) is 0 Å². The number of rotatable bonds is 5. The van der Waals surface area contributed by atoms with Gasteiger partial charge in [-0.25, -0.2) is 13.2 Å². The molecule has 1 aromatic carbocycles. The van der Waals surface area contributed by atoms with Crippen LogP contribution < -0.4 is 10.1 Å². The molecule has 0 saturated carbocycles. The molecule has 0 fully saturated rings. The number of nitrogens with one attached hydrogen (secondary N) is 1. The Kier molecular flexibility index (Phi) is 4.49. The van der Waals surface area contributed by atoms with Gasteiger partial charge in [0.1, 0.15) is 11.5 Å². The summed E-state index contributed by atoms with van der Waals surface area (Å²) in [5.41, 5.74) is -0.164. The van der Waals surface area contributed by atoms with E-state index in [9.17, 15) is 18.0 Å². The van der Waals surface area contributed by atoms with E-state index < -0.39 is 27.5 Å². The summed E-state index contributed by atoms with van der Waals surface area (Å²) in [5, 5.41) is 11.3. The molecule has 0 bridgehead atoms. The Labute approximate surface area is 110 Å². The molecule has 1 rings (SSSR count). The van der Waals surface area contributed by atoms with Gasteiger partial charge in [0.05, 0.1) is 18.4 Å². The summed E-state index contributed by atoms with van der Waals surface area (Å²) < 4.78 is 26.8. The van der Waals surface area contributed by atoms with E-state index in [2.05, 4.69) is 5.32 Å². The Morgan fingerprint density at radius 3 is 2.47 bits per heavy atom. The summed E-state index contributed by atoms with van der Waals surface area (Å²) in [6, 6.07) is 4.03. The van der Waals surface area contributed by atoms with Crippen molar-refractivity contribution >= 4 is 27.4 Å². The highest BCUT2D eigenvalue weighted by molar-refractivity contribution is 7.91. The number of amides is 1. The third-order valence-electron chi connectivity index (χ3n) is 2.12.